The fraction of sp³-hybridized carbons (Fsp3) is 0.278. The van der Waals surface area contributed by atoms with Gasteiger partial charge in [-0.2, -0.15) is 0 Å². The molecule has 0 heterocycles. The Hall–Kier alpha value is -2.09. The first-order valence-electron chi connectivity index (χ1n) is 7.03. The Bertz CT molecular complexity index is 520. The van der Waals surface area contributed by atoms with Crippen LogP contribution in [0.4, 0.5) is 0 Å². The van der Waals surface area contributed by atoms with Gasteiger partial charge in [0.1, 0.15) is 5.75 Å². The van der Waals surface area contributed by atoms with Crippen LogP contribution < -0.4 is 4.74 Å². The number of aryl methyl sites for hydroxylation is 1. The molecule has 2 aromatic rings. The Morgan fingerprint density at radius 1 is 1.00 bits per heavy atom. The first-order chi connectivity index (χ1) is 9.74. The van der Waals surface area contributed by atoms with E-state index >= 15 is 0 Å². The molecule has 0 aliphatic heterocycles. The summed E-state index contributed by atoms with van der Waals surface area (Å²) >= 11 is 0. The molecule has 0 amide bonds. The molecule has 0 aliphatic rings. The maximum atomic E-state index is 11.8. The van der Waals surface area contributed by atoms with Crippen LogP contribution in [-0.2, 0) is 11.2 Å². The smallest absolute Gasteiger partial charge is 0.311 e. The SMILES string of the molecule is C[C@@H](CCc1ccccc1)CC(=O)Oc1ccccc1. The van der Waals surface area contributed by atoms with E-state index in [1.54, 1.807) is 12.1 Å². The van der Waals surface area contributed by atoms with Crippen LogP contribution in [0.5, 0.6) is 5.75 Å². The number of rotatable bonds is 6. The number of ether oxygens (including phenoxy) is 1. The highest BCUT2D eigenvalue weighted by atomic mass is 16.5. The molecule has 0 N–H and O–H groups in total. The molecule has 1 atom stereocenters. The maximum Gasteiger partial charge on any atom is 0.311 e. The predicted octanol–water partition coefficient (Wildman–Crippen LogP) is 4.25. The molecule has 104 valence electrons. The minimum atomic E-state index is -0.156. The summed E-state index contributed by atoms with van der Waals surface area (Å²) in [5.41, 5.74) is 1.32. The van der Waals surface area contributed by atoms with Crippen molar-refractivity contribution in [2.45, 2.75) is 26.2 Å². The van der Waals surface area contributed by atoms with Gasteiger partial charge in [0.2, 0.25) is 0 Å². The summed E-state index contributed by atoms with van der Waals surface area (Å²) in [6, 6.07) is 19.6. The molecule has 2 heteroatoms. The predicted molar refractivity (Wildman–Crippen MR) is 80.6 cm³/mol. The van der Waals surface area contributed by atoms with Gasteiger partial charge in [-0.1, -0.05) is 55.5 Å². The quantitative estimate of drug-likeness (QED) is 0.578. The van der Waals surface area contributed by atoms with Crippen molar-refractivity contribution in [1.29, 1.82) is 0 Å². The van der Waals surface area contributed by atoms with Crippen molar-refractivity contribution in [2.24, 2.45) is 5.92 Å². The monoisotopic (exact) mass is 268 g/mol. The Balaban J connectivity index is 1.74. The van der Waals surface area contributed by atoms with Gasteiger partial charge in [-0.25, -0.2) is 0 Å². The van der Waals surface area contributed by atoms with E-state index in [-0.39, 0.29) is 5.97 Å². The van der Waals surface area contributed by atoms with Gasteiger partial charge in [0.05, 0.1) is 0 Å². The second-order valence-electron chi connectivity index (χ2n) is 5.12. The number of carbonyl (C=O) groups is 1. The number of hydrogen-bond donors (Lipinski definition) is 0. The molecule has 0 spiro atoms. The average molecular weight is 268 g/mol. The van der Waals surface area contributed by atoms with E-state index in [9.17, 15) is 4.79 Å². The summed E-state index contributed by atoms with van der Waals surface area (Å²) in [6.07, 6.45) is 2.45. The van der Waals surface area contributed by atoms with Crippen molar-refractivity contribution in [3.8, 4) is 5.75 Å². The van der Waals surface area contributed by atoms with Gasteiger partial charge in [0, 0.05) is 6.42 Å². The molecule has 20 heavy (non-hydrogen) atoms. The molecule has 0 fully saturated rings. The van der Waals surface area contributed by atoms with Crippen molar-refractivity contribution < 1.29 is 9.53 Å². The van der Waals surface area contributed by atoms with Gasteiger partial charge in [-0.3, -0.25) is 4.79 Å². The van der Waals surface area contributed by atoms with Gasteiger partial charge < -0.3 is 4.74 Å². The molecule has 2 aromatic carbocycles. The minimum absolute atomic E-state index is 0.156. The Labute approximate surface area is 120 Å². The normalized spacial score (nSPS) is 11.8. The average Bonchev–Trinajstić information content (AvgIpc) is 2.47. The van der Waals surface area contributed by atoms with Gasteiger partial charge >= 0.3 is 5.97 Å². The Morgan fingerprint density at radius 3 is 2.25 bits per heavy atom. The summed E-state index contributed by atoms with van der Waals surface area (Å²) in [5, 5.41) is 0. The summed E-state index contributed by atoms with van der Waals surface area (Å²) in [7, 11) is 0. The molecule has 0 saturated heterocycles. The molecule has 0 radical (unpaired) electrons. The van der Waals surface area contributed by atoms with Crippen LogP contribution in [0.25, 0.3) is 0 Å². The van der Waals surface area contributed by atoms with E-state index in [0.717, 1.165) is 12.8 Å². The van der Waals surface area contributed by atoms with E-state index in [1.165, 1.54) is 5.56 Å². The summed E-state index contributed by atoms with van der Waals surface area (Å²) in [6.45, 7) is 2.09. The van der Waals surface area contributed by atoms with Crippen molar-refractivity contribution in [3.63, 3.8) is 0 Å². The number of esters is 1. The second kappa shape index (κ2) is 7.49. The lowest BCUT2D eigenvalue weighted by molar-refractivity contribution is -0.135. The molecule has 0 saturated carbocycles. The van der Waals surface area contributed by atoms with Gasteiger partial charge in [0.15, 0.2) is 0 Å². The fourth-order valence-corrected chi connectivity index (χ4v) is 2.11. The van der Waals surface area contributed by atoms with Crippen LogP contribution in [0.1, 0.15) is 25.3 Å². The molecule has 0 aromatic heterocycles. The lowest BCUT2D eigenvalue weighted by Crippen LogP contribution is -2.12. The van der Waals surface area contributed by atoms with Gasteiger partial charge in [0.25, 0.3) is 0 Å². The summed E-state index contributed by atoms with van der Waals surface area (Å²) < 4.78 is 5.30. The zero-order valence-corrected chi connectivity index (χ0v) is 11.8. The number of carbonyl (C=O) groups excluding carboxylic acids is 1. The molecule has 0 aliphatic carbocycles. The largest absolute Gasteiger partial charge is 0.427 e. The van der Waals surface area contributed by atoms with E-state index in [4.69, 9.17) is 4.74 Å². The molecular weight excluding hydrogens is 248 g/mol. The summed E-state index contributed by atoms with van der Waals surface area (Å²) in [5.74, 6) is 0.788. The molecule has 2 rings (SSSR count). The standard InChI is InChI=1S/C18H20O2/c1-15(12-13-16-8-4-2-5-9-16)14-18(19)20-17-10-6-3-7-11-17/h2-11,15H,12-14H2,1H3/t15-/m0/s1. The van der Waals surface area contributed by atoms with E-state index in [2.05, 4.69) is 19.1 Å². The summed E-state index contributed by atoms with van der Waals surface area (Å²) in [4.78, 5) is 11.8. The van der Waals surface area contributed by atoms with Crippen molar-refractivity contribution in [1.82, 2.24) is 0 Å². The van der Waals surface area contributed by atoms with Crippen LogP contribution in [0.2, 0.25) is 0 Å². The highest BCUT2D eigenvalue weighted by Crippen LogP contribution is 2.15. The van der Waals surface area contributed by atoms with Crippen molar-refractivity contribution in [2.75, 3.05) is 0 Å². The highest BCUT2D eigenvalue weighted by molar-refractivity contribution is 5.72. The van der Waals surface area contributed by atoms with Crippen LogP contribution in [0.3, 0.4) is 0 Å². The molecule has 0 unspecified atom stereocenters. The van der Waals surface area contributed by atoms with Crippen molar-refractivity contribution >= 4 is 5.97 Å². The zero-order chi connectivity index (χ0) is 14.2. The van der Waals surface area contributed by atoms with Crippen LogP contribution in [0.15, 0.2) is 60.7 Å². The van der Waals surface area contributed by atoms with E-state index in [0.29, 0.717) is 18.1 Å². The lowest BCUT2D eigenvalue weighted by Gasteiger charge is -2.11. The fourth-order valence-electron chi connectivity index (χ4n) is 2.11. The third-order valence-corrected chi connectivity index (χ3v) is 3.26. The molecule has 2 nitrogen and oxygen atoms in total. The zero-order valence-electron chi connectivity index (χ0n) is 11.8. The van der Waals surface area contributed by atoms with Gasteiger partial charge in [-0.15, -0.1) is 0 Å². The first kappa shape index (κ1) is 14.3. The lowest BCUT2D eigenvalue weighted by atomic mass is 9.98. The maximum absolute atomic E-state index is 11.8. The van der Waals surface area contributed by atoms with Crippen LogP contribution >= 0.6 is 0 Å². The Kier molecular flexibility index (Phi) is 5.36. The van der Waals surface area contributed by atoms with E-state index < -0.39 is 0 Å². The number of benzene rings is 2. The minimum Gasteiger partial charge on any atom is -0.427 e. The second-order valence-corrected chi connectivity index (χ2v) is 5.12. The third-order valence-electron chi connectivity index (χ3n) is 3.26. The molecule has 0 bridgehead atoms. The number of para-hydroxylation sites is 1. The first-order valence-corrected chi connectivity index (χ1v) is 7.03. The third kappa shape index (κ3) is 4.88. The van der Waals surface area contributed by atoms with Crippen molar-refractivity contribution in [3.05, 3.63) is 66.2 Å². The molecular formula is C18H20O2. The Morgan fingerprint density at radius 2 is 1.60 bits per heavy atom. The van der Waals surface area contributed by atoms with E-state index in [1.807, 2.05) is 36.4 Å². The highest BCUT2D eigenvalue weighted by Gasteiger charge is 2.11. The number of hydrogen-bond acceptors (Lipinski definition) is 2. The van der Waals surface area contributed by atoms with Gasteiger partial charge in [-0.05, 0) is 36.5 Å². The van der Waals surface area contributed by atoms with Crippen LogP contribution in [-0.4, -0.2) is 5.97 Å². The topological polar surface area (TPSA) is 26.3 Å². The van der Waals surface area contributed by atoms with Crippen LogP contribution in [0, 0.1) is 5.92 Å².